The van der Waals surface area contributed by atoms with Gasteiger partial charge in [-0.15, -0.1) is 0 Å². The van der Waals surface area contributed by atoms with E-state index < -0.39 is 0 Å². The molecule has 1 heterocycles. The Bertz CT molecular complexity index is 723. The minimum atomic E-state index is -0.0158. The first-order chi connectivity index (χ1) is 13.0. The topological polar surface area (TPSA) is 46.2 Å². The van der Waals surface area contributed by atoms with Gasteiger partial charge in [-0.05, 0) is 47.2 Å². The largest absolute Gasteiger partial charge is 0.493 e. The van der Waals surface area contributed by atoms with Crippen molar-refractivity contribution in [1.29, 1.82) is 0 Å². The standard InChI is InChI=1S/C22H28O5/c1-13-14(2)22(16-8-10-18(24-4)20(12-16)26-6)27-21(13)15-7-9-17(23-3)19(11-15)25-5/h7-14,21-22H,1-6H3/t13-,14+,21-,22-/m0/s1. The lowest BCUT2D eigenvalue weighted by molar-refractivity contribution is 0.0288. The maximum absolute atomic E-state index is 6.51. The first kappa shape index (κ1) is 19.4. The normalized spacial score (nSPS) is 24.5. The molecule has 0 aromatic heterocycles. The smallest absolute Gasteiger partial charge is 0.161 e. The van der Waals surface area contributed by atoms with E-state index in [2.05, 4.69) is 13.8 Å². The van der Waals surface area contributed by atoms with Crippen LogP contribution in [0.3, 0.4) is 0 Å². The molecule has 146 valence electrons. The lowest BCUT2D eigenvalue weighted by Gasteiger charge is -2.18. The highest BCUT2D eigenvalue weighted by molar-refractivity contribution is 5.45. The van der Waals surface area contributed by atoms with Crippen molar-refractivity contribution in [2.45, 2.75) is 26.1 Å². The Morgan fingerprint density at radius 1 is 0.593 bits per heavy atom. The third-order valence-corrected chi connectivity index (χ3v) is 5.55. The second-order valence-corrected chi connectivity index (χ2v) is 6.92. The van der Waals surface area contributed by atoms with Crippen LogP contribution in [0.4, 0.5) is 0 Å². The zero-order valence-corrected chi connectivity index (χ0v) is 16.8. The van der Waals surface area contributed by atoms with Gasteiger partial charge in [0.2, 0.25) is 0 Å². The predicted molar refractivity (Wildman–Crippen MR) is 104 cm³/mol. The summed E-state index contributed by atoms with van der Waals surface area (Å²) < 4.78 is 28.1. The van der Waals surface area contributed by atoms with Crippen LogP contribution in [-0.4, -0.2) is 28.4 Å². The molecule has 0 radical (unpaired) electrons. The van der Waals surface area contributed by atoms with E-state index in [-0.39, 0.29) is 12.2 Å². The fourth-order valence-corrected chi connectivity index (χ4v) is 3.78. The van der Waals surface area contributed by atoms with Gasteiger partial charge in [0.05, 0.1) is 40.6 Å². The van der Waals surface area contributed by atoms with Crippen molar-refractivity contribution in [2.75, 3.05) is 28.4 Å². The van der Waals surface area contributed by atoms with Crippen molar-refractivity contribution < 1.29 is 23.7 Å². The summed E-state index contributed by atoms with van der Waals surface area (Å²) >= 11 is 0. The van der Waals surface area contributed by atoms with Crippen LogP contribution in [0, 0.1) is 11.8 Å². The van der Waals surface area contributed by atoms with Gasteiger partial charge in [-0.3, -0.25) is 0 Å². The molecule has 0 bridgehead atoms. The van der Waals surface area contributed by atoms with Crippen molar-refractivity contribution in [3.63, 3.8) is 0 Å². The van der Waals surface area contributed by atoms with Crippen LogP contribution in [0.1, 0.15) is 37.2 Å². The van der Waals surface area contributed by atoms with E-state index in [1.165, 1.54) is 0 Å². The maximum atomic E-state index is 6.51. The second-order valence-electron chi connectivity index (χ2n) is 6.92. The first-order valence-electron chi connectivity index (χ1n) is 9.13. The first-order valence-corrected chi connectivity index (χ1v) is 9.13. The molecule has 5 nitrogen and oxygen atoms in total. The number of benzene rings is 2. The van der Waals surface area contributed by atoms with E-state index in [9.17, 15) is 0 Å². The lowest BCUT2D eigenvalue weighted by Crippen LogP contribution is -2.10. The van der Waals surface area contributed by atoms with Gasteiger partial charge in [0.15, 0.2) is 23.0 Å². The molecule has 0 N–H and O–H groups in total. The Hall–Kier alpha value is -2.40. The van der Waals surface area contributed by atoms with Gasteiger partial charge >= 0.3 is 0 Å². The van der Waals surface area contributed by atoms with Gasteiger partial charge in [0, 0.05) is 0 Å². The summed E-state index contributed by atoms with van der Waals surface area (Å²) in [6, 6.07) is 12.0. The Kier molecular flexibility index (Phi) is 5.80. The third-order valence-electron chi connectivity index (χ3n) is 5.55. The van der Waals surface area contributed by atoms with Crippen molar-refractivity contribution in [2.24, 2.45) is 11.8 Å². The van der Waals surface area contributed by atoms with Gasteiger partial charge in [-0.1, -0.05) is 26.0 Å². The molecule has 1 aliphatic heterocycles. The SMILES string of the molecule is COc1ccc([C@H]2O[C@H](c3ccc(OC)c(OC)c3)[C@@H](C)[C@H]2C)cc1OC. The van der Waals surface area contributed by atoms with Crippen LogP contribution in [0.5, 0.6) is 23.0 Å². The van der Waals surface area contributed by atoms with Gasteiger partial charge < -0.3 is 23.7 Å². The highest BCUT2D eigenvalue weighted by Gasteiger charge is 2.41. The molecule has 0 unspecified atom stereocenters. The highest BCUT2D eigenvalue weighted by Crippen LogP contribution is 2.50. The summed E-state index contributed by atoms with van der Waals surface area (Å²) in [5.74, 6) is 3.57. The molecule has 1 fully saturated rings. The molecule has 0 amide bonds. The monoisotopic (exact) mass is 372 g/mol. The predicted octanol–water partition coefficient (Wildman–Crippen LogP) is 4.81. The summed E-state index contributed by atoms with van der Waals surface area (Å²) in [5.41, 5.74) is 2.19. The Morgan fingerprint density at radius 3 is 1.30 bits per heavy atom. The number of hydrogen-bond acceptors (Lipinski definition) is 5. The molecule has 1 saturated heterocycles. The maximum Gasteiger partial charge on any atom is 0.161 e. The molecule has 2 aromatic rings. The summed E-state index contributed by atoms with van der Waals surface area (Å²) in [4.78, 5) is 0. The van der Waals surface area contributed by atoms with Crippen molar-refractivity contribution in [3.8, 4) is 23.0 Å². The molecular weight excluding hydrogens is 344 g/mol. The summed E-state index contributed by atoms with van der Waals surface area (Å²) in [7, 11) is 6.58. The van der Waals surface area contributed by atoms with Crippen LogP contribution in [0.15, 0.2) is 36.4 Å². The van der Waals surface area contributed by atoms with Crippen LogP contribution < -0.4 is 18.9 Å². The molecule has 2 aromatic carbocycles. The number of ether oxygens (including phenoxy) is 5. The minimum absolute atomic E-state index is 0.0158. The molecule has 0 saturated carbocycles. The van der Waals surface area contributed by atoms with Crippen LogP contribution in [-0.2, 0) is 4.74 Å². The molecule has 27 heavy (non-hydrogen) atoms. The fourth-order valence-electron chi connectivity index (χ4n) is 3.78. The van der Waals surface area contributed by atoms with Crippen molar-refractivity contribution in [3.05, 3.63) is 47.5 Å². The number of methoxy groups -OCH3 is 4. The highest BCUT2D eigenvalue weighted by atomic mass is 16.5. The quantitative estimate of drug-likeness (QED) is 0.728. The van der Waals surface area contributed by atoms with Crippen LogP contribution in [0.25, 0.3) is 0 Å². The van der Waals surface area contributed by atoms with Gasteiger partial charge in [-0.2, -0.15) is 0 Å². The van der Waals surface area contributed by atoms with Crippen LogP contribution >= 0.6 is 0 Å². The van der Waals surface area contributed by atoms with Gasteiger partial charge in [-0.25, -0.2) is 0 Å². The van der Waals surface area contributed by atoms with Gasteiger partial charge in [0.25, 0.3) is 0 Å². The molecule has 0 spiro atoms. The van der Waals surface area contributed by atoms with E-state index in [0.717, 1.165) is 22.6 Å². The summed E-state index contributed by atoms with van der Waals surface area (Å²) in [6.07, 6.45) is -0.0317. The van der Waals surface area contributed by atoms with E-state index in [1.807, 2.05) is 36.4 Å². The van der Waals surface area contributed by atoms with Gasteiger partial charge in [0.1, 0.15) is 0 Å². The molecule has 0 aliphatic carbocycles. The van der Waals surface area contributed by atoms with Crippen LogP contribution in [0.2, 0.25) is 0 Å². The lowest BCUT2D eigenvalue weighted by atomic mass is 9.85. The zero-order chi connectivity index (χ0) is 19.6. The average molecular weight is 372 g/mol. The Balaban J connectivity index is 1.90. The minimum Gasteiger partial charge on any atom is -0.493 e. The Morgan fingerprint density at radius 2 is 0.963 bits per heavy atom. The number of rotatable bonds is 6. The van der Waals surface area contributed by atoms with E-state index in [1.54, 1.807) is 28.4 Å². The van der Waals surface area contributed by atoms with E-state index in [0.29, 0.717) is 23.3 Å². The summed E-state index contributed by atoms with van der Waals surface area (Å²) in [5, 5.41) is 0. The molecule has 3 rings (SSSR count). The molecule has 5 heteroatoms. The average Bonchev–Trinajstić information content (AvgIpc) is 3.01. The third kappa shape index (κ3) is 3.56. The van der Waals surface area contributed by atoms with Crippen molar-refractivity contribution in [1.82, 2.24) is 0 Å². The summed E-state index contributed by atoms with van der Waals surface area (Å²) in [6.45, 7) is 4.46. The second kappa shape index (κ2) is 8.09. The molecule has 4 atom stereocenters. The van der Waals surface area contributed by atoms with E-state index in [4.69, 9.17) is 23.7 Å². The number of hydrogen-bond donors (Lipinski definition) is 0. The zero-order valence-electron chi connectivity index (χ0n) is 16.8. The Labute approximate surface area is 161 Å². The van der Waals surface area contributed by atoms with Crippen molar-refractivity contribution >= 4 is 0 Å². The van der Waals surface area contributed by atoms with E-state index >= 15 is 0 Å². The fraction of sp³-hybridized carbons (Fsp3) is 0.455. The molecular formula is C22H28O5. The molecule has 1 aliphatic rings.